The van der Waals surface area contributed by atoms with Crippen molar-refractivity contribution in [1.82, 2.24) is 0 Å². The molecule has 2 N–H and O–H groups in total. The van der Waals surface area contributed by atoms with Crippen molar-refractivity contribution in [2.45, 2.75) is 26.1 Å². The lowest BCUT2D eigenvalue weighted by Gasteiger charge is -2.19. The van der Waals surface area contributed by atoms with Crippen molar-refractivity contribution in [2.75, 3.05) is 0 Å². The van der Waals surface area contributed by atoms with Crippen LogP contribution in [-0.2, 0) is 9.31 Å². The number of hydrogen-bond acceptors (Lipinski definition) is 4. The van der Waals surface area contributed by atoms with Crippen LogP contribution in [0.1, 0.15) is 13.8 Å². The Labute approximate surface area is 53.4 Å². The molecule has 9 heavy (non-hydrogen) atoms. The van der Waals surface area contributed by atoms with E-state index in [-0.39, 0.29) is 12.2 Å². The second-order valence-electron chi connectivity index (χ2n) is 2.32. The molecule has 0 bridgehead atoms. The first kappa shape index (κ1) is 7.02. The Morgan fingerprint density at radius 3 is 1.56 bits per heavy atom. The van der Waals surface area contributed by atoms with Crippen LogP contribution < -0.4 is 0 Å². The minimum absolute atomic E-state index is 0.236. The third-order valence-corrected chi connectivity index (χ3v) is 1.44. The van der Waals surface area contributed by atoms with Crippen LogP contribution in [-0.4, -0.2) is 29.2 Å². The van der Waals surface area contributed by atoms with Crippen molar-refractivity contribution in [3.05, 3.63) is 0 Å². The molecule has 1 aliphatic heterocycles. The Hall–Kier alpha value is -0.0951. The van der Waals surface area contributed by atoms with Gasteiger partial charge in [-0.2, -0.15) is 0 Å². The largest absolute Gasteiger partial charge is 0.533 e. The normalized spacial score (nSPS) is 41.3. The summed E-state index contributed by atoms with van der Waals surface area (Å²) in [6.45, 7) is 0.497. The third kappa shape index (κ3) is 1.43. The number of rotatable bonds is 0. The van der Waals surface area contributed by atoms with Crippen LogP contribution in [0.2, 0.25) is 0 Å². The van der Waals surface area contributed by atoms with E-state index in [1.165, 1.54) is 0 Å². The molecule has 1 aliphatic rings. The average molecular weight is 133 g/mol. The lowest BCUT2D eigenvalue weighted by atomic mass is 10.1. The fourth-order valence-electron chi connectivity index (χ4n) is 0.813. The third-order valence-electron chi connectivity index (χ3n) is 1.44. The maximum absolute atomic E-state index is 8.71. The molecule has 0 amide bonds. The summed E-state index contributed by atoms with van der Waals surface area (Å²) >= 11 is 0. The summed E-state index contributed by atoms with van der Waals surface area (Å²) in [6, 6.07) is 0. The first-order valence-electron chi connectivity index (χ1n) is 2.95. The second kappa shape index (κ2) is 1.95. The molecule has 5 heteroatoms. The van der Waals surface area contributed by atoms with Gasteiger partial charge in [0.2, 0.25) is 0 Å². The topological polar surface area (TPSA) is 58.9 Å². The molecular formula is C4H10BO4-. The van der Waals surface area contributed by atoms with Gasteiger partial charge in [0.05, 0.1) is 0 Å². The summed E-state index contributed by atoms with van der Waals surface area (Å²) in [5.41, 5.74) is 0. The lowest BCUT2D eigenvalue weighted by Crippen LogP contribution is -2.37. The minimum Gasteiger partial charge on any atom is -0.533 e. The molecule has 54 valence electrons. The van der Waals surface area contributed by atoms with Gasteiger partial charge >= 0.3 is 6.96 Å². The SMILES string of the molecule is CC1O[B-](O)(O)OC1C. The van der Waals surface area contributed by atoms with Crippen LogP contribution in [0.25, 0.3) is 0 Å². The molecule has 0 aromatic rings. The quantitative estimate of drug-likeness (QED) is 0.426. The zero-order valence-corrected chi connectivity index (χ0v) is 5.44. The standard InChI is InChI=1S/C4H10BO4/c1-3-4(2)9-5(6,7)8-3/h3-4,6-7H,1-2H3/q-1. The molecule has 0 radical (unpaired) electrons. The van der Waals surface area contributed by atoms with Crippen LogP contribution in [0.3, 0.4) is 0 Å². The molecule has 0 aromatic heterocycles. The monoisotopic (exact) mass is 133 g/mol. The van der Waals surface area contributed by atoms with Gasteiger partial charge in [-0.05, 0) is 13.8 Å². The summed E-state index contributed by atoms with van der Waals surface area (Å²) < 4.78 is 9.22. The van der Waals surface area contributed by atoms with Crippen molar-refractivity contribution < 1.29 is 19.4 Å². The van der Waals surface area contributed by atoms with Gasteiger partial charge in [-0.25, -0.2) is 0 Å². The zero-order chi connectivity index (χ0) is 7.07. The first-order valence-corrected chi connectivity index (χ1v) is 2.95. The smallest absolute Gasteiger partial charge is 0.526 e. The Balaban J connectivity index is 2.54. The summed E-state index contributed by atoms with van der Waals surface area (Å²) in [6.07, 6.45) is -0.472. The van der Waals surface area contributed by atoms with Gasteiger partial charge in [-0.1, -0.05) is 0 Å². The van der Waals surface area contributed by atoms with E-state index in [0.29, 0.717) is 0 Å². The Bertz CT molecular complexity index is 103. The molecule has 0 saturated carbocycles. The van der Waals surface area contributed by atoms with Crippen LogP contribution in [0, 0.1) is 0 Å². The van der Waals surface area contributed by atoms with E-state index in [9.17, 15) is 0 Å². The lowest BCUT2D eigenvalue weighted by molar-refractivity contribution is 0.0943. The van der Waals surface area contributed by atoms with Gasteiger partial charge < -0.3 is 19.4 Å². The highest BCUT2D eigenvalue weighted by Crippen LogP contribution is 2.19. The summed E-state index contributed by atoms with van der Waals surface area (Å²) in [5, 5.41) is 17.4. The summed E-state index contributed by atoms with van der Waals surface area (Å²) in [4.78, 5) is 0. The highest BCUT2D eigenvalue weighted by Gasteiger charge is 2.36. The fraction of sp³-hybridized carbons (Fsp3) is 1.00. The first-order chi connectivity index (χ1) is 4.01. The molecule has 1 saturated heterocycles. The van der Waals surface area contributed by atoms with Crippen LogP contribution in [0.4, 0.5) is 0 Å². The maximum Gasteiger partial charge on any atom is 0.526 e. The molecule has 0 aliphatic carbocycles. The molecule has 0 spiro atoms. The van der Waals surface area contributed by atoms with Crippen molar-refractivity contribution >= 4 is 6.96 Å². The Morgan fingerprint density at radius 1 is 1.11 bits per heavy atom. The van der Waals surface area contributed by atoms with Crippen LogP contribution >= 0.6 is 0 Å². The molecule has 1 rings (SSSR count). The van der Waals surface area contributed by atoms with E-state index in [1.807, 2.05) is 0 Å². The van der Waals surface area contributed by atoms with Gasteiger partial charge in [-0.3, -0.25) is 0 Å². The molecular weight excluding hydrogens is 123 g/mol. The van der Waals surface area contributed by atoms with E-state index >= 15 is 0 Å². The predicted molar refractivity (Wildman–Crippen MR) is 31.3 cm³/mol. The van der Waals surface area contributed by atoms with Gasteiger partial charge in [0, 0.05) is 12.2 Å². The van der Waals surface area contributed by atoms with Gasteiger partial charge in [-0.15, -0.1) is 0 Å². The molecule has 1 heterocycles. The molecule has 2 atom stereocenters. The van der Waals surface area contributed by atoms with Crippen LogP contribution in [0.15, 0.2) is 0 Å². The Morgan fingerprint density at radius 2 is 1.44 bits per heavy atom. The van der Waals surface area contributed by atoms with E-state index in [1.54, 1.807) is 13.8 Å². The number of hydrogen-bond donors (Lipinski definition) is 2. The molecule has 2 unspecified atom stereocenters. The van der Waals surface area contributed by atoms with E-state index in [4.69, 9.17) is 10.0 Å². The fourth-order valence-corrected chi connectivity index (χ4v) is 0.813. The highest BCUT2D eigenvalue weighted by molar-refractivity contribution is 6.51. The second-order valence-corrected chi connectivity index (χ2v) is 2.32. The maximum atomic E-state index is 8.71. The Kier molecular flexibility index (Phi) is 1.52. The van der Waals surface area contributed by atoms with Crippen molar-refractivity contribution in [3.63, 3.8) is 0 Å². The van der Waals surface area contributed by atoms with E-state index < -0.39 is 6.96 Å². The highest BCUT2D eigenvalue weighted by atomic mass is 16.8. The molecule has 1 fully saturated rings. The summed E-state index contributed by atoms with van der Waals surface area (Å²) in [7, 11) is 0. The van der Waals surface area contributed by atoms with Gasteiger partial charge in [0.25, 0.3) is 0 Å². The molecule has 4 nitrogen and oxygen atoms in total. The van der Waals surface area contributed by atoms with Crippen molar-refractivity contribution in [2.24, 2.45) is 0 Å². The average Bonchev–Trinajstić information content (AvgIpc) is 1.79. The van der Waals surface area contributed by atoms with Crippen molar-refractivity contribution in [1.29, 1.82) is 0 Å². The van der Waals surface area contributed by atoms with E-state index in [2.05, 4.69) is 9.31 Å². The minimum atomic E-state index is -2.95. The van der Waals surface area contributed by atoms with Gasteiger partial charge in [0.15, 0.2) is 0 Å². The predicted octanol–water partition coefficient (Wildman–Crippen LogP) is -0.770. The zero-order valence-electron chi connectivity index (χ0n) is 5.44. The van der Waals surface area contributed by atoms with Crippen LogP contribution in [0.5, 0.6) is 0 Å². The molecule has 0 aromatic carbocycles. The summed E-state index contributed by atoms with van der Waals surface area (Å²) in [5.74, 6) is 0. The van der Waals surface area contributed by atoms with Gasteiger partial charge in [0.1, 0.15) is 0 Å². The van der Waals surface area contributed by atoms with E-state index in [0.717, 1.165) is 0 Å². The van der Waals surface area contributed by atoms with Crippen molar-refractivity contribution in [3.8, 4) is 0 Å².